The number of nitro benzene ring substituents is 1. The van der Waals surface area contributed by atoms with Gasteiger partial charge in [0.1, 0.15) is 10.7 Å². The van der Waals surface area contributed by atoms with Crippen molar-refractivity contribution < 1.29 is 32.1 Å². The highest BCUT2D eigenvalue weighted by molar-refractivity contribution is 7.89. The Kier molecular flexibility index (Phi) is 7.61. The highest BCUT2D eigenvalue weighted by Crippen LogP contribution is 2.28. The molecule has 0 aliphatic carbocycles. The molecular weight excluding hydrogens is 481 g/mol. The SMILES string of the molecule is O=C(COC(=O)c1ccc(Cl)c(S(=O)(=O)N2CCCCC2)c1)Nc1cc([N+](=O)[O-])ccc1F. The Balaban J connectivity index is 1.68. The van der Waals surface area contributed by atoms with E-state index in [1.54, 1.807) is 0 Å². The number of hydrogen-bond acceptors (Lipinski definition) is 7. The molecule has 0 bridgehead atoms. The van der Waals surface area contributed by atoms with Crippen LogP contribution in [0, 0.1) is 15.9 Å². The molecule has 1 aliphatic heterocycles. The summed E-state index contributed by atoms with van der Waals surface area (Å²) in [6, 6.07) is 6.14. The zero-order chi connectivity index (χ0) is 24.2. The van der Waals surface area contributed by atoms with Crippen LogP contribution in [0.1, 0.15) is 29.6 Å². The average molecular weight is 500 g/mol. The van der Waals surface area contributed by atoms with Gasteiger partial charge in [-0.2, -0.15) is 4.31 Å². The van der Waals surface area contributed by atoms with Gasteiger partial charge in [-0.1, -0.05) is 18.0 Å². The quantitative estimate of drug-likeness (QED) is 0.350. The van der Waals surface area contributed by atoms with Crippen molar-refractivity contribution in [2.75, 3.05) is 25.0 Å². The molecule has 13 heteroatoms. The fraction of sp³-hybridized carbons (Fsp3) is 0.300. The second-order valence-electron chi connectivity index (χ2n) is 7.16. The lowest BCUT2D eigenvalue weighted by molar-refractivity contribution is -0.384. The van der Waals surface area contributed by atoms with Gasteiger partial charge in [0.25, 0.3) is 11.6 Å². The van der Waals surface area contributed by atoms with Crippen LogP contribution in [0.25, 0.3) is 0 Å². The molecule has 1 saturated heterocycles. The third-order valence-corrected chi connectivity index (χ3v) is 7.25. The predicted molar refractivity (Wildman–Crippen MR) is 116 cm³/mol. The fourth-order valence-corrected chi connectivity index (χ4v) is 5.21. The summed E-state index contributed by atoms with van der Waals surface area (Å²) < 4.78 is 45.8. The van der Waals surface area contributed by atoms with E-state index in [1.165, 1.54) is 16.4 Å². The molecule has 1 heterocycles. The Morgan fingerprint density at radius 3 is 2.52 bits per heavy atom. The Hall–Kier alpha value is -3.09. The van der Waals surface area contributed by atoms with Crippen molar-refractivity contribution in [3.05, 3.63) is 62.9 Å². The largest absolute Gasteiger partial charge is 0.452 e. The zero-order valence-corrected chi connectivity index (χ0v) is 18.7. The van der Waals surface area contributed by atoms with Crippen molar-refractivity contribution >= 4 is 44.9 Å². The van der Waals surface area contributed by atoms with Crippen LogP contribution >= 0.6 is 11.6 Å². The van der Waals surface area contributed by atoms with E-state index in [0.717, 1.165) is 43.5 Å². The van der Waals surface area contributed by atoms with E-state index < -0.39 is 50.6 Å². The van der Waals surface area contributed by atoms with Crippen molar-refractivity contribution in [1.82, 2.24) is 4.31 Å². The zero-order valence-electron chi connectivity index (χ0n) is 17.1. The number of piperidine rings is 1. The van der Waals surface area contributed by atoms with E-state index in [0.29, 0.717) is 13.1 Å². The van der Waals surface area contributed by atoms with Crippen molar-refractivity contribution in [1.29, 1.82) is 0 Å². The van der Waals surface area contributed by atoms with E-state index in [2.05, 4.69) is 5.32 Å². The Bertz CT molecular complexity index is 1200. The van der Waals surface area contributed by atoms with Crippen molar-refractivity contribution in [3.63, 3.8) is 0 Å². The van der Waals surface area contributed by atoms with Crippen molar-refractivity contribution in [3.8, 4) is 0 Å². The predicted octanol–water partition coefficient (Wildman–Crippen LogP) is 3.36. The number of rotatable bonds is 7. The molecule has 0 saturated carbocycles. The lowest BCUT2D eigenvalue weighted by atomic mass is 10.2. The first-order valence-corrected chi connectivity index (χ1v) is 11.6. The van der Waals surface area contributed by atoms with Crippen LogP contribution in [0.5, 0.6) is 0 Å². The fourth-order valence-electron chi connectivity index (χ4n) is 3.20. The third kappa shape index (κ3) is 5.83. The Morgan fingerprint density at radius 1 is 1.15 bits per heavy atom. The average Bonchev–Trinajstić information content (AvgIpc) is 2.79. The minimum absolute atomic E-state index is 0.0592. The number of halogens is 2. The number of esters is 1. The maximum Gasteiger partial charge on any atom is 0.338 e. The molecule has 2 aromatic rings. The first-order valence-electron chi connectivity index (χ1n) is 9.80. The molecule has 1 aliphatic rings. The number of carbonyl (C=O) groups excluding carboxylic acids is 2. The number of benzene rings is 2. The summed E-state index contributed by atoms with van der Waals surface area (Å²) in [7, 11) is -3.92. The number of anilines is 1. The normalized spacial score (nSPS) is 14.5. The molecule has 1 N–H and O–H groups in total. The van der Waals surface area contributed by atoms with Gasteiger partial charge in [-0.25, -0.2) is 17.6 Å². The molecule has 0 unspecified atom stereocenters. The van der Waals surface area contributed by atoms with Gasteiger partial charge in [0.2, 0.25) is 10.0 Å². The molecule has 0 radical (unpaired) electrons. The maximum absolute atomic E-state index is 13.8. The Labute approximate surface area is 193 Å². The van der Waals surface area contributed by atoms with E-state index in [-0.39, 0.29) is 15.5 Å². The minimum atomic E-state index is -3.92. The van der Waals surface area contributed by atoms with Crippen LogP contribution in [-0.4, -0.2) is 49.2 Å². The third-order valence-electron chi connectivity index (χ3n) is 4.87. The number of nitro groups is 1. The molecule has 0 atom stereocenters. The standard InChI is InChI=1S/C20H19ClFN3O7S/c21-15-6-4-13(10-18(15)33(30,31)24-8-2-1-3-9-24)20(27)32-12-19(26)23-17-11-14(25(28)29)5-7-16(17)22/h4-7,10-11H,1-3,8-9,12H2,(H,23,26). The van der Waals surface area contributed by atoms with Crippen LogP contribution in [0.4, 0.5) is 15.8 Å². The molecular formula is C20H19ClFN3O7S. The molecule has 1 amide bonds. The van der Waals surface area contributed by atoms with Crippen LogP contribution in [0.15, 0.2) is 41.3 Å². The van der Waals surface area contributed by atoms with E-state index in [4.69, 9.17) is 16.3 Å². The van der Waals surface area contributed by atoms with E-state index in [9.17, 15) is 32.5 Å². The molecule has 0 aromatic heterocycles. The minimum Gasteiger partial charge on any atom is -0.452 e. The Morgan fingerprint density at radius 2 is 1.85 bits per heavy atom. The van der Waals surface area contributed by atoms with Crippen LogP contribution in [0.3, 0.4) is 0 Å². The van der Waals surface area contributed by atoms with Crippen molar-refractivity contribution in [2.45, 2.75) is 24.2 Å². The lowest BCUT2D eigenvalue weighted by Gasteiger charge is -2.26. The first-order chi connectivity index (χ1) is 15.6. The second-order valence-corrected chi connectivity index (χ2v) is 9.47. The van der Waals surface area contributed by atoms with Crippen molar-refractivity contribution in [2.24, 2.45) is 0 Å². The summed E-state index contributed by atoms with van der Waals surface area (Å²) in [6.45, 7) is -0.138. The van der Waals surface area contributed by atoms with Gasteiger partial charge >= 0.3 is 5.97 Å². The smallest absolute Gasteiger partial charge is 0.338 e. The molecule has 33 heavy (non-hydrogen) atoms. The molecule has 3 rings (SSSR count). The van der Waals surface area contributed by atoms with E-state index >= 15 is 0 Å². The highest BCUT2D eigenvalue weighted by atomic mass is 35.5. The second kappa shape index (κ2) is 10.2. The summed E-state index contributed by atoms with van der Waals surface area (Å²) in [5, 5.41) is 12.8. The number of non-ortho nitro benzene ring substituents is 1. The topological polar surface area (TPSA) is 136 Å². The number of amides is 1. The number of nitrogens with one attached hydrogen (secondary N) is 1. The van der Waals surface area contributed by atoms with Gasteiger partial charge < -0.3 is 10.1 Å². The molecule has 176 valence electrons. The number of hydrogen-bond donors (Lipinski definition) is 1. The number of carbonyl (C=O) groups is 2. The lowest BCUT2D eigenvalue weighted by Crippen LogP contribution is -2.35. The van der Waals surface area contributed by atoms with E-state index in [1.807, 2.05) is 0 Å². The maximum atomic E-state index is 13.8. The summed E-state index contributed by atoms with van der Waals surface area (Å²) in [5.41, 5.74) is -1.04. The first kappa shape index (κ1) is 24.6. The van der Waals surface area contributed by atoms with Crippen LogP contribution < -0.4 is 5.32 Å². The van der Waals surface area contributed by atoms with Gasteiger partial charge in [0, 0.05) is 25.2 Å². The summed E-state index contributed by atoms with van der Waals surface area (Å²) in [4.78, 5) is 34.2. The van der Waals surface area contributed by atoms with Gasteiger partial charge in [-0.05, 0) is 37.1 Å². The molecule has 0 spiro atoms. The summed E-state index contributed by atoms with van der Waals surface area (Å²) >= 11 is 6.07. The number of ether oxygens (including phenoxy) is 1. The summed E-state index contributed by atoms with van der Waals surface area (Å²) in [5.74, 6) is -2.86. The van der Waals surface area contributed by atoms with Crippen LogP contribution in [0.2, 0.25) is 5.02 Å². The van der Waals surface area contributed by atoms with Gasteiger partial charge in [-0.15, -0.1) is 0 Å². The van der Waals surface area contributed by atoms with Crippen LogP contribution in [-0.2, 0) is 19.6 Å². The molecule has 10 nitrogen and oxygen atoms in total. The highest BCUT2D eigenvalue weighted by Gasteiger charge is 2.29. The monoisotopic (exact) mass is 499 g/mol. The van der Waals surface area contributed by atoms with Gasteiger partial charge in [-0.3, -0.25) is 14.9 Å². The number of nitrogens with zero attached hydrogens (tertiary/aromatic N) is 2. The molecule has 2 aromatic carbocycles. The number of sulfonamides is 1. The molecule has 1 fully saturated rings. The van der Waals surface area contributed by atoms with Gasteiger partial charge in [0.15, 0.2) is 6.61 Å². The van der Waals surface area contributed by atoms with Gasteiger partial charge in [0.05, 0.1) is 21.2 Å². The summed E-state index contributed by atoms with van der Waals surface area (Å²) in [6.07, 6.45) is 2.37.